The molecule has 102 valence electrons. The van der Waals surface area contributed by atoms with Gasteiger partial charge in [0.1, 0.15) is 5.75 Å². The van der Waals surface area contributed by atoms with Gasteiger partial charge in [-0.2, -0.15) is 0 Å². The van der Waals surface area contributed by atoms with E-state index in [1.807, 2.05) is 30.6 Å². The van der Waals surface area contributed by atoms with Crippen LogP contribution >= 0.6 is 11.3 Å². The monoisotopic (exact) mass is 276 g/mol. The number of rotatable bonds is 6. The van der Waals surface area contributed by atoms with Crippen molar-refractivity contribution in [3.63, 3.8) is 0 Å². The highest BCUT2D eigenvalue weighted by Gasteiger charge is 2.12. The summed E-state index contributed by atoms with van der Waals surface area (Å²) in [6.07, 6.45) is 1.01. The first-order valence-corrected chi connectivity index (χ1v) is 7.48. The second-order valence-electron chi connectivity index (χ2n) is 4.51. The summed E-state index contributed by atoms with van der Waals surface area (Å²) < 4.78 is 5.76. The zero-order valence-corrected chi connectivity index (χ0v) is 12.5. The van der Waals surface area contributed by atoms with E-state index in [-0.39, 0.29) is 6.04 Å². The number of ether oxygens (including phenoxy) is 1. The third-order valence-corrected chi connectivity index (χ3v) is 4.01. The predicted octanol–water partition coefficient (Wildman–Crippen LogP) is 4.41. The van der Waals surface area contributed by atoms with E-state index in [1.165, 1.54) is 4.88 Å². The van der Waals surface area contributed by atoms with E-state index in [0.29, 0.717) is 0 Å². The lowest BCUT2D eigenvalue weighted by molar-refractivity contribution is 0.318. The number of thiazole rings is 1. The van der Waals surface area contributed by atoms with Crippen LogP contribution in [0.2, 0.25) is 0 Å². The van der Waals surface area contributed by atoms with Gasteiger partial charge in [-0.25, -0.2) is 4.98 Å². The van der Waals surface area contributed by atoms with Crippen molar-refractivity contribution in [3.05, 3.63) is 40.3 Å². The van der Waals surface area contributed by atoms with Crippen LogP contribution in [0, 0.1) is 6.92 Å². The summed E-state index contributed by atoms with van der Waals surface area (Å²) >= 11 is 1.69. The van der Waals surface area contributed by atoms with Crippen LogP contribution in [-0.4, -0.2) is 11.6 Å². The lowest BCUT2D eigenvalue weighted by Crippen LogP contribution is -2.08. The summed E-state index contributed by atoms with van der Waals surface area (Å²) in [6.45, 7) is 7.05. The first-order chi connectivity index (χ1) is 9.22. The topological polar surface area (TPSA) is 34.1 Å². The van der Waals surface area contributed by atoms with E-state index >= 15 is 0 Å². The highest BCUT2D eigenvalue weighted by molar-refractivity contribution is 7.09. The van der Waals surface area contributed by atoms with Crippen LogP contribution in [0.25, 0.3) is 0 Å². The predicted molar refractivity (Wildman–Crippen MR) is 81.1 cm³/mol. The molecule has 19 heavy (non-hydrogen) atoms. The molecule has 1 unspecified atom stereocenters. The Morgan fingerprint density at radius 3 is 2.84 bits per heavy atom. The fraction of sp³-hybridized carbons (Fsp3) is 0.400. The number of aromatic nitrogens is 1. The number of nitrogens with one attached hydrogen (secondary N) is 1. The smallest absolute Gasteiger partial charge is 0.142 e. The van der Waals surface area contributed by atoms with E-state index in [9.17, 15) is 0 Å². The van der Waals surface area contributed by atoms with Gasteiger partial charge < -0.3 is 10.1 Å². The lowest BCUT2D eigenvalue weighted by Gasteiger charge is -2.17. The standard InChI is InChI=1S/C15H20N2OS/c1-4-9-18-14-8-6-5-7-13(14)17-12(3)15-11(2)16-10-19-15/h5-8,10,12,17H,4,9H2,1-3H3. The Kier molecular flexibility index (Phi) is 4.80. The third-order valence-electron chi connectivity index (χ3n) is 2.90. The maximum atomic E-state index is 5.76. The fourth-order valence-electron chi connectivity index (χ4n) is 1.95. The molecule has 4 heteroatoms. The van der Waals surface area contributed by atoms with Crippen molar-refractivity contribution in [2.45, 2.75) is 33.2 Å². The summed E-state index contributed by atoms with van der Waals surface area (Å²) in [5, 5.41) is 3.51. The minimum absolute atomic E-state index is 0.235. The second-order valence-corrected chi connectivity index (χ2v) is 5.40. The van der Waals surface area contributed by atoms with E-state index in [4.69, 9.17) is 4.74 Å². The SMILES string of the molecule is CCCOc1ccccc1NC(C)c1scnc1C. The van der Waals surface area contributed by atoms with Crippen molar-refractivity contribution in [2.75, 3.05) is 11.9 Å². The molecule has 1 aromatic carbocycles. The van der Waals surface area contributed by atoms with Crippen molar-refractivity contribution in [1.29, 1.82) is 0 Å². The second kappa shape index (κ2) is 6.57. The average molecular weight is 276 g/mol. The summed E-state index contributed by atoms with van der Waals surface area (Å²) in [7, 11) is 0. The highest BCUT2D eigenvalue weighted by atomic mass is 32.1. The molecule has 0 amide bonds. The van der Waals surface area contributed by atoms with Crippen molar-refractivity contribution < 1.29 is 4.74 Å². The minimum Gasteiger partial charge on any atom is -0.491 e. The number of nitrogens with zero attached hydrogens (tertiary/aromatic N) is 1. The Morgan fingerprint density at radius 1 is 1.37 bits per heavy atom. The maximum absolute atomic E-state index is 5.76. The summed E-state index contributed by atoms with van der Waals surface area (Å²) in [4.78, 5) is 5.57. The molecule has 1 atom stereocenters. The Morgan fingerprint density at radius 2 is 2.16 bits per heavy atom. The zero-order chi connectivity index (χ0) is 13.7. The van der Waals surface area contributed by atoms with Crippen LogP contribution < -0.4 is 10.1 Å². The Labute approximate surface area is 118 Å². The van der Waals surface area contributed by atoms with E-state index in [2.05, 4.69) is 30.2 Å². The van der Waals surface area contributed by atoms with Crippen molar-refractivity contribution in [3.8, 4) is 5.75 Å². The molecule has 0 bridgehead atoms. The number of para-hydroxylation sites is 2. The fourth-order valence-corrected chi connectivity index (χ4v) is 2.76. The number of anilines is 1. The van der Waals surface area contributed by atoms with Crippen LogP contribution in [0.4, 0.5) is 5.69 Å². The van der Waals surface area contributed by atoms with Crippen LogP contribution in [0.3, 0.4) is 0 Å². The molecule has 0 aliphatic heterocycles. The molecule has 0 fully saturated rings. The van der Waals surface area contributed by atoms with E-state index < -0.39 is 0 Å². The van der Waals surface area contributed by atoms with Crippen molar-refractivity contribution in [2.24, 2.45) is 0 Å². The summed E-state index contributed by atoms with van der Waals surface area (Å²) in [5.74, 6) is 0.915. The molecule has 1 N–H and O–H groups in total. The van der Waals surface area contributed by atoms with Crippen LogP contribution in [0.1, 0.15) is 36.9 Å². The molecule has 0 radical (unpaired) electrons. The molecule has 0 aliphatic rings. The van der Waals surface area contributed by atoms with Crippen molar-refractivity contribution in [1.82, 2.24) is 4.98 Å². The van der Waals surface area contributed by atoms with Gasteiger partial charge in [-0.05, 0) is 32.4 Å². The molecule has 0 aliphatic carbocycles. The summed E-state index contributed by atoms with van der Waals surface area (Å²) in [5.41, 5.74) is 4.02. The van der Waals surface area contributed by atoms with Gasteiger partial charge in [0.25, 0.3) is 0 Å². The number of hydrogen-bond donors (Lipinski definition) is 1. The maximum Gasteiger partial charge on any atom is 0.142 e. The number of hydrogen-bond acceptors (Lipinski definition) is 4. The van der Waals surface area contributed by atoms with Gasteiger partial charge in [0.2, 0.25) is 0 Å². The van der Waals surface area contributed by atoms with E-state index in [0.717, 1.165) is 30.2 Å². The highest BCUT2D eigenvalue weighted by Crippen LogP contribution is 2.30. The molecule has 0 saturated heterocycles. The number of benzene rings is 1. The van der Waals surface area contributed by atoms with Gasteiger partial charge >= 0.3 is 0 Å². The van der Waals surface area contributed by atoms with Gasteiger partial charge in [0.05, 0.1) is 29.5 Å². The van der Waals surface area contributed by atoms with Gasteiger partial charge in [0.15, 0.2) is 0 Å². The third kappa shape index (κ3) is 3.47. The Balaban J connectivity index is 2.12. The van der Waals surface area contributed by atoms with Crippen LogP contribution in [0.5, 0.6) is 5.75 Å². The average Bonchev–Trinajstić information content (AvgIpc) is 2.84. The largest absolute Gasteiger partial charge is 0.491 e. The normalized spacial score (nSPS) is 12.2. The minimum atomic E-state index is 0.235. The quantitative estimate of drug-likeness (QED) is 0.848. The molecule has 2 aromatic rings. The van der Waals surface area contributed by atoms with Gasteiger partial charge in [-0.3, -0.25) is 0 Å². The number of aryl methyl sites for hydroxylation is 1. The molecule has 0 saturated carbocycles. The molecular formula is C15H20N2OS. The van der Waals surface area contributed by atoms with Crippen molar-refractivity contribution >= 4 is 17.0 Å². The Hall–Kier alpha value is -1.55. The summed E-state index contributed by atoms with van der Waals surface area (Å²) in [6, 6.07) is 8.31. The van der Waals surface area contributed by atoms with Gasteiger partial charge in [0, 0.05) is 4.88 Å². The first kappa shape index (κ1) is 13.9. The van der Waals surface area contributed by atoms with Crippen LogP contribution in [-0.2, 0) is 0 Å². The molecular weight excluding hydrogens is 256 g/mol. The molecule has 1 heterocycles. The van der Waals surface area contributed by atoms with Gasteiger partial charge in [-0.15, -0.1) is 11.3 Å². The zero-order valence-electron chi connectivity index (χ0n) is 11.6. The van der Waals surface area contributed by atoms with Gasteiger partial charge in [-0.1, -0.05) is 19.1 Å². The Bertz CT molecular complexity index is 524. The molecule has 3 nitrogen and oxygen atoms in total. The molecule has 1 aromatic heterocycles. The van der Waals surface area contributed by atoms with E-state index in [1.54, 1.807) is 11.3 Å². The van der Waals surface area contributed by atoms with Crippen LogP contribution in [0.15, 0.2) is 29.8 Å². The molecule has 2 rings (SSSR count). The molecule has 0 spiro atoms. The lowest BCUT2D eigenvalue weighted by atomic mass is 10.2. The first-order valence-electron chi connectivity index (χ1n) is 6.60.